The maximum absolute atomic E-state index is 13.2. The number of rotatable bonds is 1. The molecule has 0 spiro atoms. The van der Waals surface area contributed by atoms with Crippen LogP contribution in [0.2, 0.25) is 0 Å². The van der Waals surface area contributed by atoms with Gasteiger partial charge in [0.1, 0.15) is 5.82 Å². The molecule has 0 aromatic heterocycles. The van der Waals surface area contributed by atoms with Gasteiger partial charge in [0.2, 0.25) is 0 Å². The molecule has 0 radical (unpaired) electrons. The molecule has 0 unspecified atom stereocenters. The number of benzene rings is 1. The molecule has 2 N–H and O–H groups in total. The average molecular weight is 335 g/mol. The summed E-state index contributed by atoms with van der Waals surface area (Å²) in [7, 11) is -0.838. The second-order valence-electron chi connectivity index (χ2n) is 3.99. The summed E-state index contributed by atoms with van der Waals surface area (Å²) >= 11 is 3.16. The van der Waals surface area contributed by atoms with Crippen molar-refractivity contribution in [3.63, 3.8) is 0 Å². The SMILES string of the molecule is Nc1cc(C(=O)N2CCS(=O)CC2)c(Br)cc1F. The van der Waals surface area contributed by atoms with Gasteiger partial charge in [0.25, 0.3) is 5.91 Å². The number of carbonyl (C=O) groups excluding carboxylic acids is 1. The third kappa shape index (κ3) is 2.72. The minimum Gasteiger partial charge on any atom is -0.396 e. The van der Waals surface area contributed by atoms with Crippen molar-refractivity contribution >= 4 is 38.3 Å². The van der Waals surface area contributed by atoms with Crippen LogP contribution in [-0.4, -0.2) is 39.6 Å². The summed E-state index contributed by atoms with van der Waals surface area (Å²) in [6, 6.07) is 2.51. The fraction of sp³-hybridized carbons (Fsp3) is 0.364. The number of nitrogen functional groups attached to an aromatic ring is 1. The molecule has 1 aromatic carbocycles. The minimum atomic E-state index is -0.838. The highest BCUT2D eigenvalue weighted by molar-refractivity contribution is 9.10. The molecule has 2 rings (SSSR count). The maximum atomic E-state index is 13.2. The zero-order chi connectivity index (χ0) is 13.3. The lowest BCUT2D eigenvalue weighted by Gasteiger charge is -2.26. The van der Waals surface area contributed by atoms with E-state index >= 15 is 0 Å². The Labute approximate surface area is 115 Å². The summed E-state index contributed by atoms with van der Waals surface area (Å²) in [6.45, 7) is 0.907. The highest BCUT2D eigenvalue weighted by Gasteiger charge is 2.23. The van der Waals surface area contributed by atoms with E-state index in [2.05, 4.69) is 15.9 Å². The minimum absolute atomic E-state index is 0.0536. The lowest BCUT2D eigenvalue weighted by molar-refractivity contribution is 0.0770. The molecule has 0 atom stereocenters. The van der Waals surface area contributed by atoms with Gasteiger partial charge in [-0.15, -0.1) is 0 Å². The van der Waals surface area contributed by atoms with Gasteiger partial charge in [-0.25, -0.2) is 4.39 Å². The number of anilines is 1. The second-order valence-corrected chi connectivity index (χ2v) is 6.54. The van der Waals surface area contributed by atoms with Crippen molar-refractivity contribution in [3.8, 4) is 0 Å². The van der Waals surface area contributed by atoms with Gasteiger partial charge >= 0.3 is 0 Å². The predicted molar refractivity (Wildman–Crippen MR) is 72.3 cm³/mol. The first-order chi connectivity index (χ1) is 8.49. The maximum Gasteiger partial charge on any atom is 0.255 e. The van der Waals surface area contributed by atoms with Crippen molar-refractivity contribution in [1.82, 2.24) is 4.90 Å². The van der Waals surface area contributed by atoms with E-state index in [-0.39, 0.29) is 11.6 Å². The van der Waals surface area contributed by atoms with Crippen LogP contribution < -0.4 is 5.73 Å². The summed E-state index contributed by atoms with van der Waals surface area (Å²) in [5.74, 6) is 0.198. The van der Waals surface area contributed by atoms with E-state index in [1.807, 2.05) is 0 Å². The van der Waals surface area contributed by atoms with Crippen molar-refractivity contribution in [3.05, 3.63) is 28.0 Å². The van der Waals surface area contributed by atoms with Crippen LogP contribution in [0, 0.1) is 5.82 Å². The fourth-order valence-electron chi connectivity index (χ4n) is 1.74. The Balaban J connectivity index is 2.23. The Bertz CT molecular complexity index is 514. The Morgan fingerprint density at radius 3 is 2.61 bits per heavy atom. The summed E-state index contributed by atoms with van der Waals surface area (Å²) < 4.78 is 24.8. The van der Waals surface area contributed by atoms with Crippen molar-refractivity contribution < 1.29 is 13.4 Å². The molecule has 1 saturated heterocycles. The van der Waals surface area contributed by atoms with Gasteiger partial charge in [-0.1, -0.05) is 0 Å². The zero-order valence-electron chi connectivity index (χ0n) is 9.49. The number of nitrogens with two attached hydrogens (primary N) is 1. The molecule has 1 aliphatic rings. The van der Waals surface area contributed by atoms with Crippen LogP contribution in [0.3, 0.4) is 0 Å². The Kier molecular flexibility index (Phi) is 4.01. The van der Waals surface area contributed by atoms with Crippen LogP contribution in [0.1, 0.15) is 10.4 Å². The van der Waals surface area contributed by atoms with Crippen LogP contribution in [0.25, 0.3) is 0 Å². The normalized spacial score (nSPS) is 16.9. The molecule has 1 aliphatic heterocycles. The van der Waals surface area contributed by atoms with Crippen molar-refractivity contribution in [2.24, 2.45) is 0 Å². The number of nitrogens with zero attached hydrogens (tertiary/aromatic N) is 1. The van der Waals surface area contributed by atoms with Gasteiger partial charge in [0, 0.05) is 39.9 Å². The van der Waals surface area contributed by atoms with Gasteiger partial charge in [-0.2, -0.15) is 0 Å². The van der Waals surface area contributed by atoms with Crippen molar-refractivity contribution in [2.75, 3.05) is 30.3 Å². The molecular weight excluding hydrogens is 323 g/mol. The number of carbonyl (C=O) groups is 1. The standard InChI is InChI=1S/C11H12BrFN2O2S/c12-8-6-9(13)10(14)5-7(8)11(16)15-1-3-18(17)4-2-15/h5-6H,1-4,14H2. The topological polar surface area (TPSA) is 63.4 Å². The first-order valence-electron chi connectivity index (χ1n) is 5.38. The van der Waals surface area contributed by atoms with E-state index in [1.54, 1.807) is 4.90 Å². The van der Waals surface area contributed by atoms with Gasteiger partial charge in [-0.3, -0.25) is 9.00 Å². The zero-order valence-corrected chi connectivity index (χ0v) is 11.9. The third-order valence-corrected chi connectivity index (χ3v) is 4.71. The van der Waals surface area contributed by atoms with E-state index in [0.717, 1.165) is 0 Å². The fourth-order valence-corrected chi connectivity index (χ4v) is 3.28. The summed E-state index contributed by atoms with van der Waals surface area (Å²) in [5.41, 5.74) is 5.74. The highest BCUT2D eigenvalue weighted by atomic mass is 79.9. The van der Waals surface area contributed by atoms with Gasteiger partial charge in [-0.05, 0) is 28.1 Å². The summed E-state index contributed by atoms with van der Waals surface area (Å²) in [4.78, 5) is 13.8. The third-order valence-electron chi connectivity index (χ3n) is 2.78. The molecule has 1 fully saturated rings. The largest absolute Gasteiger partial charge is 0.396 e. The van der Waals surface area contributed by atoms with Crippen molar-refractivity contribution in [1.29, 1.82) is 0 Å². The monoisotopic (exact) mass is 334 g/mol. The van der Waals surface area contributed by atoms with Crippen LogP contribution in [0.4, 0.5) is 10.1 Å². The molecule has 0 saturated carbocycles. The van der Waals surface area contributed by atoms with Crippen LogP contribution in [0.5, 0.6) is 0 Å². The number of hydrogen-bond donors (Lipinski definition) is 1. The van der Waals surface area contributed by atoms with E-state index in [9.17, 15) is 13.4 Å². The van der Waals surface area contributed by atoms with Gasteiger partial charge in [0.05, 0.1) is 11.3 Å². The van der Waals surface area contributed by atoms with E-state index in [1.165, 1.54) is 12.1 Å². The Morgan fingerprint density at radius 2 is 2.00 bits per heavy atom. The van der Waals surface area contributed by atoms with E-state index in [0.29, 0.717) is 34.6 Å². The smallest absolute Gasteiger partial charge is 0.255 e. The van der Waals surface area contributed by atoms with Crippen molar-refractivity contribution in [2.45, 2.75) is 0 Å². The molecule has 1 amide bonds. The quantitative estimate of drug-likeness (QED) is 0.789. The Morgan fingerprint density at radius 1 is 1.39 bits per heavy atom. The van der Waals surface area contributed by atoms with Crippen LogP contribution in [-0.2, 0) is 10.8 Å². The molecule has 18 heavy (non-hydrogen) atoms. The van der Waals surface area contributed by atoms with E-state index < -0.39 is 16.6 Å². The molecule has 98 valence electrons. The lowest BCUT2D eigenvalue weighted by Crippen LogP contribution is -2.41. The molecule has 0 aliphatic carbocycles. The Hall–Kier alpha value is -0.950. The number of hydrogen-bond acceptors (Lipinski definition) is 3. The highest BCUT2D eigenvalue weighted by Crippen LogP contribution is 2.24. The first kappa shape index (κ1) is 13.5. The predicted octanol–water partition coefficient (Wildman–Crippen LogP) is 1.37. The number of amides is 1. The first-order valence-corrected chi connectivity index (χ1v) is 7.66. The van der Waals surface area contributed by atoms with E-state index in [4.69, 9.17) is 5.73 Å². The molecule has 0 bridgehead atoms. The molecule has 1 aromatic rings. The lowest BCUT2D eigenvalue weighted by atomic mass is 10.1. The van der Waals surface area contributed by atoms with Crippen LogP contribution in [0.15, 0.2) is 16.6 Å². The summed E-state index contributed by atoms with van der Waals surface area (Å²) in [5, 5.41) is 0. The van der Waals surface area contributed by atoms with Gasteiger partial charge < -0.3 is 10.6 Å². The molecule has 7 heteroatoms. The molecule has 1 heterocycles. The second kappa shape index (κ2) is 5.36. The van der Waals surface area contributed by atoms with Crippen LogP contribution >= 0.6 is 15.9 Å². The molecule has 4 nitrogen and oxygen atoms in total. The average Bonchev–Trinajstić information content (AvgIpc) is 2.34. The summed E-state index contributed by atoms with van der Waals surface area (Å²) in [6.07, 6.45) is 0. The van der Waals surface area contributed by atoms with Gasteiger partial charge in [0.15, 0.2) is 0 Å². The molecular formula is C11H12BrFN2O2S. The number of halogens is 2.